The van der Waals surface area contributed by atoms with Crippen LogP contribution in [0.25, 0.3) is 10.9 Å². The number of carbonyl (C=O) groups is 1. The summed E-state index contributed by atoms with van der Waals surface area (Å²) in [6, 6.07) is 9.38. The van der Waals surface area contributed by atoms with Crippen molar-refractivity contribution in [3.8, 4) is 0 Å². The Bertz CT molecular complexity index is 1110. The smallest absolute Gasteiger partial charge is 0.325 e. The lowest BCUT2D eigenvalue weighted by Gasteiger charge is -2.12. The van der Waals surface area contributed by atoms with Crippen LogP contribution in [0.15, 0.2) is 56.9 Å². The zero-order valence-corrected chi connectivity index (χ0v) is 17.5. The molecule has 0 unspecified atom stereocenters. The van der Waals surface area contributed by atoms with Crippen molar-refractivity contribution in [3.63, 3.8) is 0 Å². The van der Waals surface area contributed by atoms with Crippen molar-refractivity contribution in [2.45, 2.75) is 24.8 Å². The number of halogens is 4. The van der Waals surface area contributed by atoms with Crippen LogP contribution in [0.5, 0.6) is 0 Å². The maximum Gasteiger partial charge on any atom is 0.416 e. The van der Waals surface area contributed by atoms with Crippen molar-refractivity contribution in [3.05, 3.63) is 62.9 Å². The van der Waals surface area contributed by atoms with Crippen LogP contribution in [0.4, 0.5) is 18.9 Å². The van der Waals surface area contributed by atoms with Crippen molar-refractivity contribution in [2.75, 3.05) is 11.1 Å². The van der Waals surface area contributed by atoms with Crippen LogP contribution >= 0.6 is 27.7 Å². The number of carbonyl (C=O) groups excluding carboxylic acids is 1. The lowest BCUT2D eigenvalue weighted by atomic mass is 10.2. The van der Waals surface area contributed by atoms with Gasteiger partial charge in [0, 0.05) is 16.7 Å². The molecule has 3 aromatic rings. The van der Waals surface area contributed by atoms with Gasteiger partial charge in [0.15, 0.2) is 5.16 Å². The van der Waals surface area contributed by atoms with Crippen LogP contribution < -0.4 is 10.9 Å². The van der Waals surface area contributed by atoms with Gasteiger partial charge in [-0.3, -0.25) is 14.2 Å². The van der Waals surface area contributed by atoms with Crippen molar-refractivity contribution in [2.24, 2.45) is 0 Å². The number of nitrogens with one attached hydrogen (secondary N) is 1. The normalized spacial score (nSPS) is 11.6. The molecule has 152 valence electrons. The van der Waals surface area contributed by atoms with E-state index >= 15 is 0 Å². The molecular formula is C19H15BrF3N3O2S. The Morgan fingerprint density at radius 3 is 2.52 bits per heavy atom. The Hall–Kier alpha value is -2.33. The van der Waals surface area contributed by atoms with Crippen LogP contribution in [0, 0.1) is 0 Å². The molecule has 0 saturated carbocycles. The van der Waals surface area contributed by atoms with Gasteiger partial charge in [0.1, 0.15) is 0 Å². The topological polar surface area (TPSA) is 64.0 Å². The highest BCUT2D eigenvalue weighted by Gasteiger charge is 2.30. The summed E-state index contributed by atoms with van der Waals surface area (Å²) in [5.74, 6) is -0.460. The van der Waals surface area contributed by atoms with Gasteiger partial charge in [-0.1, -0.05) is 27.7 Å². The third-order valence-electron chi connectivity index (χ3n) is 4.03. The molecule has 0 spiro atoms. The minimum atomic E-state index is -4.43. The highest BCUT2D eigenvalue weighted by molar-refractivity contribution is 9.10. The molecule has 1 N–H and O–H groups in total. The van der Waals surface area contributed by atoms with Gasteiger partial charge in [-0.15, -0.1) is 0 Å². The number of alkyl halides is 3. The number of hydrogen-bond donors (Lipinski definition) is 1. The van der Waals surface area contributed by atoms with Crippen molar-refractivity contribution in [1.29, 1.82) is 0 Å². The quantitative estimate of drug-likeness (QED) is 0.411. The van der Waals surface area contributed by atoms with Gasteiger partial charge in [-0.2, -0.15) is 13.2 Å². The standard InChI is InChI=1S/C19H15BrF3N3O2S/c1-2-26-17(28)14-9-12(20)5-8-15(14)25-18(26)29-10-16(27)24-13-6-3-11(4-7-13)19(21,22)23/h3-9H,2,10H2,1H3,(H,24,27). The highest BCUT2D eigenvalue weighted by atomic mass is 79.9. The van der Waals surface area contributed by atoms with Crippen LogP contribution in [-0.2, 0) is 17.5 Å². The summed E-state index contributed by atoms with van der Waals surface area (Å²) >= 11 is 4.42. The lowest BCUT2D eigenvalue weighted by Crippen LogP contribution is -2.23. The van der Waals surface area contributed by atoms with E-state index in [0.717, 1.165) is 28.4 Å². The molecule has 0 aliphatic carbocycles. The number of aromatic nitrogens is 2. The number of rotatable bonds is 5. The van der Waals surface area contributed by atoms with Gasteiger partial charge < -0.3 is 5.32 Å². The second-order valence-corrected chi connectivity index (χ2v) is 7.88. The molecule has 0 saturated heterocycles. The van der Waals surface area contributed by atoms with Crippen LogP contribution in [-0.4, -0.2) is 21.2 Å². The Morgan fingerprint density at radius 1 is 1.21 bits per heavy atom. The number of amides is 1. The predicted octanol–water partition coefficient (Wildman–Crippen LogP) is 4.93. The molecule has 1 amide bonds. The third-order valence-corrected chi connectivity index (χ3v) is 5.50. The van der Waals surface area contributed by atoms with E-state index in [-0.39, 0.29) is 17.0 Å². The second kappa shape index (κ2) is 8.58. The van der Waals surface area contributed by atoms with E-state index in [9.17, 15) is 22.8 Å². The van der Waals surface area contributed by atoms with E-state index in [1.165, 1.54) is 16.7 Å². The maximum absolute atomic E-state index is 12.7. The predicted molar refractivity (Wildman–Crippen MR) is 110 cm³/mol. The third kappa shape index (κ3) is 4.99. The van der Waals surface area contributed by atoms with Crippen LogP contribution in [0.1, 0.15) is 12.5 Å². The number of anilines is 1. The minimum Gasteiger partial charge on any atom is -0.325 e. The largest absolute Gasteiger partial charge is 0.416 e. The Balaban J connectivity index is 1.74. The molecule has 0 fully saturated rings. The molecule has 2 aromatic carbocycles. The summed E-state index contributed by atoms with van der Waals surface area (Å²) < 4.78 is 40.0. The van der Waals surface area contributed by atoms with Gasteiger partial charge in [-0.05, 0) is 49.4 Å². The molecule has 0 atom stereocenters. The van der Waals surface area contributed by atoms with Gasteiger partial charge in [0.05, 0.1) is 22.2 Å². The molecule has 29 heavy (non-hydrogen) atoms. The molecule has 0 bridgehead atoms. The van der Waals surface area contributed by atoms with Crippen molar-refractivity contribution >= 4 is 50.2 Å². The number of fused-ring (bicyclic) bond motifs is 1. The zero-order valence-electron chi connectivity index (χ0n) is 15.1. The lowest BCUT2D eigenvalue weighted by molar-refractivity contribution is -0.137. The van der Waals surface area contributed by atoms with E-state index in [1.807, 2.05) is 0 Å². The average Bonchev–Trinajstić information content (AvgIpc) is 2.67. The van der Waals surface area contributed by atoms with Crippen LogP contribution in [0.2, 0.25) is 0 Å². The molecule has 10 heteroatoms. The first kappa shape index (κ1) is 21.4. The van der Waals surface area contributed by atoms with E-state index in [4.69, 9.17) is 0 Å². The first-order valence-corrected chi connectivity index (χ1v) is 10.3. The van der Waals surface area contributed by atoms with Gasteiger partial charge in [-0.25, -0.2) is 4.98 Å². The Labute approximate surface area is 176 Å². The fraction of sp³-hybridized carbons (Fsp3) is 0.211. The minimum absolute atomic E-state index is 0.0461. The van der Waals surface area contributed by atoms with E-state index in [1.54, 1.807) is 25.1 Å². The van der Waals surface area contributed by atoms with E-state index < -0.39 is 17.6 Å². The summed E-state index contributed by atoms with van der Waals surface area (Å²) in [4.78, 5) is 29.3. The number of hydrogen-bond acceptors (Lipinski definition) is 4. The highest BCUT2D eigenvalue weighted by Crippen LogP contribution is 2.30. The fourth-order valence-corrected chi connectivity index (χ4v) is 3.86. The van der Waals surface area contributed by atoms with Gasteiger partial charge in [0.25, 0.3) is 5.56 Å². The maximum atomic E-state index is 12.7. The Kier molecular flexibility index (Phi) is 6.33. The van der Waals surface area contributed by atoms with E-state index in [2.05, 4.69) is 26.2 Å². The summed E-state index contributed by atoms with van der Waals surface area (Å²) in [7, 11) is 0. The molecule has 0 aliphatic heterocycles. The molecule has 0 radical (unpaired) electrons. The number of benzene rings is 2. The van der Waals surface area contributed by atoms with Crippen molar-refractivity contribution in [1.82, 2.24) is 9.55 Å². The first-order valence-electron chi connectivity index (χ1n) is 8.49. The fourth-order valence-electron chi connectivity index (χ4n) is 2.63. The summed E-state index contributed by atoms with van der Waals surface area (Å²) in [6.45, 7) is 2.19. The zero-order chi connectivity index (χ0) is 21.2. The SMILES string of the molecule is CCn1c(SCC(=O)Nc2ccc(C(F)(F)F)cc2)nc2ccc(Br)cc2c1=O. The van der Waals surface area contributed by atoms with Crippen LogP contribution in [0.3, 0.4) is 0 Å². The molecular weight excluding hydrogens is 471 g/mol. The van der Waals surface area contributed by atoms with E-state index in [0.29, 0.717) is 22.6 Å². The summed E-state index contributed by atoms with van der Waals surface area (Å²) in [6.07, 6.45) is -4.43. The monoisotopic (exact) mass is 485 g/mol. The summed E-state index contributed by atoms with van der Waals surface area (Å²) in [5.41, 5.74) is -0.213. The second-order valence-electron chi connectivity index (χ2n) is 6.02. The number of nitrogens with zero attached hydrogens (tertiary/aromatic N) is 2. The molecule has 5 nitrogen and oxygen atoms in total. The van der Waals surface area contributed by atoms with Gasteiger partial charge >= 0.3 is 6.18 Å². The van der Waals surface area contributed by atoms with Gasteiger partial charge in [0.2, 0.25) is 5.91 Å². The van der Waals surface area contributed by atoms with Crippen molar-refractivity contribution < 1.29 is 18.0 Å². The summed E-state index contributed by atoms with van der Waals surface area (Å²) in [5, 5.41) is 3.41. The number of thioether (sulfide) groups is 1. The molecule has 0 aliphatic rings. The molecule has 3 rings (SSSR count). The molecule has 1 aromatic heterocycles. The first-order chi connectivity index (χ1) is 13.7. The molecule has 1 heterocycles. The average molecular weight is 486 g/mol. The Morgan fingerprint density at radius 2 is 1.90 bits per heavy atom.